The minimum atomic E-state index is -0.0201. The molecule has 2 rings (SSSR count). The summed E-state index contributed by atoms with van der Waals surface area (Å²) in [6.45, 7) is 1.94. The molecule has 21 heavy (non-hydrogen) atoms. The van der Waals surface area contributed by atoms with E-state index >= 15 is 0 Å². The highest BCUT2D eigenvalue weighted by molar-refractivity contribution is 5.65. The van der Waals surface area contributed by atoms with Gasteiger partial charge in [-0.15, -0.1) is 10.2 Å². The molecule has 1 N–H and O–H groups in total. The van der Waals surface area contributed by atoms with Crippen LogP contribution in [0, 0.1) is 0 Å². The Balaban J connectivity index is 2.46. The van der Waals surface area contributed by atoms with Crippen LogP contribution in [-0.2, 0) is 0 Å². The summed E-state index contributed by atoms with van der Waals surface area (Å²) in [6, 6.07) is 3.51. The van der Waals surface area contributed by atoms with Gasteiger partial charge >= 0.3 is 0 Å². The predicted octanol–water partition coefficient (Wildman–Crippen LogP) is 2.04. The lowest BCUT2D eigenvalue weighted by Crippen LogP contribution is -2.12. The molecule has 0 bridgehead atoms. The normalized spacial score (nSPS) is 12.0. The van der Waals surface area contributed by atoms with Gasteiger partial charge in [0.25, 0.3) is 0 Å². The van der Waals surface area contributed by atoms with Gasteiger partial charge in [0.15, 0.2) is 11.5 Å². The Morgan fingerprint density at radius 2 is 1.67 bits per heavy atom. The van der Waals surface area contributed by atoms with Gasteiger partial charge in [-0.1, -0.05) is 0 Å². The molecule has 1 heterocycles. The average molecular weight is 293 g/mol. The number of hydrogen-bond donors (Lipinski definition) is 1. The highest BCUT2D eigenvalue weighted by Gasteiger charge is 2.18. The van der Waals surface area contributed by atoms with Gasteiger partial charge in [0.2, 0.25) is 17.5 Å². The van der Waals surface area contributed by atoms with E-state index in [9.17, 15) is 0 Å². The zero-order valence-electron chi connectivity index (χ0n) is 12.8. The Labute approximate surface area is 123 Å². The molecule has 7 heteroatoms. The Bertz CT molecular complexity index is 587. The van der Waals surface area contributed by atoms with Crippen molar-refractivity contribution in [2.45, 2.75) is 13.0 Å². The molecule has 2 aromatic rings. The van der Waals surface area contributed by atoms with E-state index in [1.165, 1.54) is 0 Å². The molecule has 0 saturated carbocycles. The van der Waals surface area contributed by atoms with Gasteiger partial charge in [-0.05, 0) is 26.1 Å². The lowest BCUT2D eigenvalue weighted by molar-refractivity contribution is 0.324. The van der Waals surface area contributed by atoms with Gasteiger partial charge in [0.1, 0.15) is 0 Å². The van der Waals surface area contributed by atoms with Gasteiger partial charge in [0, 0.05) is 5.56 Å². The van der Waals surface area contributed by atoms with Crippen LogP contribution in [0.3, 0.4) is 0 Å². The van der Waals surface area contributed by atoms with Crippen LogP contribution in [0.1, 0.15) is 18.9 Å². The number of hydrogen-bond acceptors (Lipinski definition) is 7. The number of nitrogens with zero attached hydrogens (tertiary/aromatic N) is 2. The van der Waals surface area contributed by atoms with Crippen molar-refractivity contribution < 1.29 is 18.6 Å². The van der Waals surface area contributed by atoms with Gasteiger partial charge in [-0.25, -0.2) is 0 Å². The lowest BCUT2D eigenvalue weighted by Gasteiger charge is -2.12. The molecule has 1 aromatic carbocycles. The van der Waals surface area contributed by atoms with Crippen molar-refractivity contribution in [3.63, 3.8) is 0 Å². The van der Waals surface area contributed by atoms with Crippen molar-refractivity contribution in [1.82, 2.24) is 15.5 Å². The summed E-state index contributed by atoms with van der Waals surface area (Å²) < 4.78 is 21.6. The lowest BCUT2D eigenvalue weighted by atomic mass is 10.2. The average Bonchev–Trinajstić information content (AvgIpc) is 3.02. The van der Waals surface area contributed by atoms with Gasteiger partial charge < -0.3 is 23.9 Å². The van der Waals surface area contributed by atoms with Crippen LogP contribution in [0.25, 0.3) is 11.5 Å². The Morgan fingerprint density at radius 3 is 2.14 bits per heavy atom. The summed E-state index contributed by atoms with van der Waals surface area (Å²) >= 11 is 0. The number of ether oxygens (including phenoxy) is 3. The van der Waals surface area contributed by atoms with Crippen molar-refractivity contribution >= 4 is 0 Å². The molecule has 0 aliphatic rings. The fraction of sp³-hybridized carbons (Fsp3) is 0.429. The summed E-state index contributed by atoms with van der Waals surface area (Å²) in [7, 11) is 6.50. The second kappa shape index (κ2) is 6.45. The van der Waals surface area contributed by atoms with E-state index in [4.69, 9.17) is 18.6 Å². The minimum absolute atomic E-state index is 0.0201. The highest BCUT2D eigenvalue weighted by atomic mass is 16.5. The summed E-state index contributed by atoms with van der Waals surface area (Å²) in [4.78, 5) is 0. The van der Waals surface area contributed by atoms with Crippen molar-refractivity contribution in [2.24, 2.45) is 0 Å². The first-order chi connectivity index (χ1) is 10.1. The largest absolute Gasteiger partial charge is 0.493 e. The van der Waals surface area contributed by atoms with Crippen LogP contribution < -0.4 is 19.5 Å². The predicted molar refractivity (Wildman–Crippen MR) is 76.9 cm³/mol. The third-order valence-electron chi connectivity index (χ3n) is 3.16. The molecule has 7 nitrogen and oxygen atoms in total. The fourth-order valence-corrected chi connectivity index (χ4v) is 1.85. The molecule has 0 amide bonds. The van der Waals surface area contributed by atoms with Crippen LogP contribution in [0.15, 0.2) is 16.5 Å². The number of rotatable bonds is 6. The molecule has 1 unspecified atom stereocenters. The molecule has 0 saturated heterocycles. The zero-order valence-corrected chi connectivity index (χ0v) is 12.8. The van der Waals surface area contributed by atoms with Crippen LogP contribution in [0.4, 0.5) is 0 Å². The van der Waals surface area contributed by atoms with Crippen LogP contribution in [0.2, 0.25) is 0 Å². The zero-order chi connectivity index (χ0) is 15.4. The number of nitrogens with one attached hydrogen (secondary N) is 1. The van der Waals surface area contributed by atoms with Crippen LogP contribution in [-0.4, -0.2) is 38.6 Å². The maximum absolute atomic E-state index is 5.66. The first-order valence-electron chi connectivity index (χ1n) is 6.45. The van der Waals surface area contributed by atoms with Gasteiger partial charge in [0.05, 0.1) is 27.4 Å². The van der Waals surface area contributed by atoms with Crippen LogP contribution in [0.5, 0.6) is 17.2 Å². The molecule has 1 aromatic heterocycles. The first-order valence-corrected chi connectivity index (χ1v) is 6.45. The Morgan fingerprint density at radius 1 is 1.05 bits per heavy atom. The van der Waals surface area contributed by atoms with E-state index < -0.39 is 0 Å². The van der Waals surface area contributed by atoms with Crippen LogP contribution >= 0.6 is 0 Å². The molecule has 0 fully saturated rings. The number of methoxy groups -OCH3 is 3. The smallest absolute Gasteiger partial charge is 0.248 e. The number of aromatic nitrogens is 2. The molecule has 0 spiro atoms. The van der Waals surface area contributed by atoms with E-state index in [1.807, 2.05) is 14.0 Å². The van der Waals surface area contributed by atoms with Gasteiger partial charge in [-0.2, -0.15) is 0 Å². The highest BCUT2D eigenvalue weighted by Crippen LogP contribution is 2.40. The standard InChI is InChI=1S/C14H19N3O4/c1-8(15-2)13-16-17-14(21-13)9-6-10(18-3)12(20-5)11(7-9)19-4/h6-8,15H,1-5H3. The van der Waals surface area contributed by atoms with Crippen molar-refractivity contribution in [1.29, 1.82) is 0 Å². The second-order valence-electron chi connectivity index (χ2n) is 4.37. The third kappa shape index (κ3) is 2.92. The van der Waals surface area contributed by atoms with Gasteiger partial charge in [-0.3, -0.25) is 0 Å². The monoisotopic (exact) mass is 293 g/mol. The molecular formula is C14H19N3O4. The van der Waals surface area contributed by atoms with E-state index in [1.54, 1.807) is 33.5 Å². The van der Waals surface area contributed by atoms with Crippen molar-refractivity contribution in [3.05, 3.63) is 18.0 Å². The fourth-order valence-electron chi connectivity index (χ4n) is 1.85. The molecule has 0 aliphatic heterocycles. The molecule has 0 aliphatic carbocycles. The van der Waals surface area contributed by atoms with Crippen molar-refractivity contribution in [3.8, 4) is 28.7 Å². The first kappa shape index (κ1) is 15.1. The summed E-state index contributed by atoms with van der Waals surface area (Å²) in [6.07, 6.45) is 0. The topological polar surface area (TPSA) is 78.6 Å². The summed E-state index contributed by atoms with van der Waals surface area (Å²) in [5, 5.41) is 11.1. The molecular weight excluding hydrogens is 274 g/mol. The minimum Gasteiger partial charge on any atom is -0.493 e. The molecule has 114 valence electrons. The maximum atomic E-state index is 5.66. The molecule has 1 atom stereocenters. The van der Waals surface area contributed by atoms with E-state index in [2.05, 4.69) is 15.5 Å². The van der Waals surface area contributed by atoms with E-state index in [0.717, 1.165) is 0 Å². The summed E-state index contributed by atoms with van der Waals surface area (Å²) in [5.74, 6) is 2.50. The van der Waals surface area contributed by atoms with E-state index in [-0.39, 0.29) is 6.04 Å². The maximum Gasteiger partial charge on any atom is 0.248 e. The Hall–Kier alpha value is -2.28. The second-order valence-corrected chi connectivity index (χ2v) is 4.37. The van der Waals surface area contributed by atoms with Crippen molar-refractivity contribution in [2.75, 3.05) is 28.4 Å². The third-order valence-corrected chi connectivity index (χ3v) is 3.16. The number of benzene rings is 1. The van der Waals surface area contributed by atoms with E-state index in [0.29, 0.717) is 34.6 Å². The summed E-state index contributed by atoms with van der Waals surface area (Å²) in [5.41, 5.74) is 0.701. The molecule has 0 radical (unpaired) electrons. The Kier molecular flexibility index (Phi) is 4.64. The quantitative estimate of drug-likeness (QED) is 0.873. The SMILES string of the molecule is CNC(C)c1nnc(-c2cc(OC)c(OC)c(OC)c2)o1.